The van der Waals surface area contributed by atoms with E-state index in [4.69, 9.17) is 40.5 Å². The predicted octanol–water partition coefficient (Wildman–Crippen LogP) is 5.27. The zero-order valence-electron chi connectivity index (χ0n) is 13.9. The molecule has 2 aromatic carbocycles. The van der Waals surface area contributed by atoms with E-state index in [9.17, 15) is 4.79 Å². The van der Waals surface area contributed by atoms with Gasteiger partial charge in [-0.15, -0.1) is 0 Å². The zero-order chi connectivity index (χ0) is 18.7. The van der Waals surface area contributed by atoms with E-state index in [2.05, 4.69) is 22.3 Å². The molecule has 0 radical (unpaired) electrons. The van der Waals surface area contributed by atoms with Crippen LogP contribution in [0.4, 0.5) is 5.69 Å². The van der Waals surface area contributed by atoms with Crippen molar-refractivity contribution in [2.24, 2.45) is 0 Å². The number of aromatic carboxylic acids is 1. The van der Waals surface area contributed by atoms with Gasteiger partial charge in [-0.25, -0.2) is 4.79 Å². The number of anilines is 1. The second-order valence-corrected chi connectivity index (χ2v) is 7.47. The van der Waals surface area contributed by atoms with E-state index in [1.807, 2.05) is 12.1 Å². The van der Waals surface area contributed by atoms with Crippen LogP contribution in [0.3, 0.4) is 0 Å². The molecule has 1 heterocycles. The second kappa shape index (κ2) is 8.25. The van der Waals surface area contributed by atoms with Crippen molar-refractivity contribution >= 4 is 52.2 Å². The molecule has 2 N–H and O–H groups in total. The van der Waals surface area contributed by atoms with Gasteiger partial charge in [-0.2, -0.15) is 0 Å². The van der Waals surface area contributed by atoms with Crippen LogP contribution in [0, 0.1) is 0 Å². The van der Waals surface area contributed by atoms with E-state index in [1.165, 1.54) is 11.6 Å². The van der Waals surface area contributed by atoms with Crippen LogP contribution in [-0.2, 0) is 0 Å². The van der Waals surface area contributed by atoms with Gasteiger partial charge in [0.25, 0.3) is 0 Å². The lowest BCUT2D eigenvalue weighted by molar-refractivity contribution is 0.0697. The third kappa shape index (κ3) is 4.47. The molecule has 3 rings (SSSR count). The average Bonchev–Trinajstić information content (AvgIpc) is 2.62. The zero-order valence-corrected chi connectivity index (χ0v) is 16.2. The highest BCUT2D eigenvalue weighted by Gasteiger charge is 2.22. The number of carboxylic acid groups (broad SMARTS) is 1. The maximum atomic E-state index is 11.0. The standard InChI is InChI=1S/C19H18Cl2N2O2S/c20-14-3-1-12(2-4-14)13-7-9-23(10-8-13)19(26)22-15-5-6-16(18(24)25)17(21)11-15/h1-6,11,13H,7-10H2,(H,22,26)(H,24,25). The summed E-state index contributed by atoms with van der Waals surface area (Å²) in [5.41, 5.74) is 2.07. The lowest BCUT2D eigenvalue weighted by Crippen LogP contribution is -2.40. The fourth-order valence-electron chi connectivity index (χ4n) is 3.12. The van der Waals surface area contributed by atoms with E-state index in [1.54, 1.807) is 12.1 Å². The summed E-state index contributed by atoms with van der Waals surface area (Å²) in [5, 5.41) is 13.7. The molecule has 0 amide bonds. The van der Waals surface area contributed by atoms with Crippen LogP contribution in [0.15, 0.2) is 42.5 Å². The molecule has 0 aliphatic carbocycles. The fourth-order valence-corrected chi connectivity index (χ4v) is 3.81. The summed E-state index contributed by atoms with van der Waals surface area (Å²) in [6, 6.07) is 12.8. The van der Waals surface area contributed by atoms with Crippen LogP contribution in [0.25, 0.3) is 0 Å². The van der Waals surface area contributed by atoms with Gasteiger partial charge in [-0.1, -0.05) is 35.3 Å². The number of likely N-dealkylation sites (tertiary alicyclic amines) is 1. The number of carboxylic acids is 1. The van der Waals surface area contributed by atoms with Gasteiger partial charge in [0.2, 0.25) is 0 Å². The van der Waals surface area contributed by atoms with E-state index >= 15 is 0 Å². The van der Waals surface area contributed by atoms with Crippen LogP contribution in [0.1, 0.15) is 34.7 Å². The van der Waals surface area contributed by atoms with Crippen molar-refractivity contribution in [1.82, 2.24) is 4.90 Å². The van der Waals surface area contributed by atoms with Gasteiger partial charge in [-0.3, -0.25) is 0 Å². The second-order valence-electron chi connectivity index (χ2n) is 6.24. The van der Waals surface area contributed by atoms with Crippen molar-refractivity contribution in [3.05, 3.63) is 63.6 Å². The molecular weight excluding hydrogens is 391 g/mol. The Morgan fingerprint density at radius 1 is 1.12 bits per heavy atom. The summed E-state index contributed by atoms with van der Waals surface area (Å²) in [5.74, 6) is -0.538. The van der Waals surface area contributed by atoms with Gasteiger partial charge in [0.05, 0.1) is 10.6 Å². The van der Waals surface area contributed by atoms with E-state index in [0.717, 1.165) is 31.0 Å². The molecule has 0 bridgehead atoms. The summed E-state index contributed by atoms with van der Waals surface area (Å²) in [4.78, 5) is 13.1. The quantitative estimate of drug-likeness (QED) is 0.677. The Bertz CT molecular complexity index is 819. The molecule has 136 valence electrons. The number of carbonyl (C=O) groups is 1. The van der Waals surface area contributed by atoms with Crippen LogP contribution in [0.2, 0.25) is 10.0 Å². The van der Waals surface area contributed by atoms with E-state index in [0.29, 0.717) is 16.7 Å². The van der Waals surface area contributed by atoms with Crippen LogP contribution < -0.4 is 5.32 Å². The molecule has 0 spiro atoms. The minimum Gasteiger partial charge on any atom is -0.478 e. The highest BCUT2D eigenvalue weighted by molar-refractivity contribution is 7.80. The summed E-state index contributed by atoms with van der Waals surface area (Å²) < 4.78 is 0. The molecule has 26 heavy (non-hydrogen) atoms. The first-order valence-electron chi connectivity index (χ1n) is 8.28. The summed E-state index contributed by atoms with van der Waals surface area (Å²) >= 11 is 17.5. The number of rotatable bonds is 3. The van der Waals surface area contributed by atoms with E-state index in [-0.39, 0.29) is 10.6 Å². The van der Waals surface area contributed by atoms with Gasteiger partial charge in [0.1, 0.15) is 0 Å². The normalized spacial score (nSPS) is 14.9. The molecule has 0 aromatic heterocycles. The predicted molar refractivity (Wildman–Crippen MR) is 110 cm³/mol. The summed E-state index contributed by atoms with van der Waals surface area (Å²) in [6.07, 6.45) is 2.03. The van der Waals surface area contributed by atoms with Crippen molar-refractivity contribution < 1.29 is 9.90 Å². The van der Waals surface area contributed by atoms with Crippen molar-refractivity contribution in [1.29, 1.82) is 0 Å². The minimum absolute atomic E-state index is 0.0758. The Morgan fingerprint density at radius 3 is 2.35 bits per heavy atom. The molecule has 1 saturated heterocycles. The first-order chi connectivity index (χ1) is 12.4. The van der Waals surface area contributed by atoms with Gasteiger partial charge in [0, 0.05) is 23.8 Å². The van der Waals surface area contributed by atoms with Gasteiger partial charge >= 0.3 is 5.97 Å². The average molecular weight is 409 g/mol. The smallest absolute Gasteiger partial charge is 0.337 e. The largest absolute Gasteiger partial charge is 0.478 e. The third-order valence-electron chi connectivity index (χ3n) is 4.57. The Hall–Kier alpha value is -1.82. The molecule has 0 saturated carbocycles. The molecule has 0 atom stereocenters. The van der Waals surface area contributed by atoms with Crippen molar-refractivity contribution in [3.8, 4) is 0 Å². The first-order valence-corrected chi connectivity index (χ1v) is 9.44. The molecule has 1 aliphatic heterocycles. The van der Waals surface area contributed by atoms with Crippen molar-refractivity contribution in [3.63, 3.8) is 0 Å². The molecular formula is C19H18Cl2N2O2S. The molecule has 4 nitrogen and oxygen atoms in total. The first kappa shape index (κ1) is 19.0. The number of nitrogens with zero attached hydrogens (tertiary/aromatic N) is 1. The number of hydrogen-bond acceptors (Lipinski definition) is 2. The number of thiocarbonyl (C=S) groups is 1. The number of nitrogens with one attached hydrogen (secondary N) is 1. The number of halogens is 2. The number of hydrogen-bond donors (Lipinski definition) is 2. The molecule has 7 heteroatoms. The van der Waals surface area contributed by atoms with Crippen molar-refractivity contribution in [2.45, 2.75) is 18.8 Å². The Labute approximate surface area is 167 Å². The number of benzene rings is 2. The molecule has 2 aromatic rings. The highest BCUT2D eigenvalue weighted by atomic mass is 35.5. The monoisotopic (exact) mass is 408 g/mol. The van der Waals surface area contributed by atoms with Gasteiger partial charge < -0.3 is 15.3 Å². The Kier molecular flexibility index (Phi) is 6.01. The fraction of sp³-hybridized carbons (Fsp3) is 0.263. The van der Waals surface area contributed by atoms with Crippen molar-refractivity contribution in [2.75, 3.05) is 18.4 Å². The van der Waals surface area contributed by atoms with Gasteiger partial charge in [0.15, 0.2) is 5.11 Å². The van der Waals surface area contributed by atoms with Gasteiger partial charge in [-0.05, 0) is 66.9 Å². The summed E-state index contributed by atoms with van der Waals surface area (Å²) in [6.45, 7) is 1.72. The Balaban J connectivity index is 1.57. The van der Waals surface area contributed by atoms with Crippen LogP contribution >= 0.6 is 35.4 Å². The summed E-state index contributed by atoms with van der Waals surface area (Å²) in [7, 11) is 0. The van der Waals surface area contributed by atoms with E-state index < -0.39 is 5.97 Å². The molecule has 1 aliphatic rings. The lowest BCUT2D eigenvalue weighted by atomic mass is 9.90. The maximum absolute atomic E-state index is 11.0. The molecule has 1 fully saturated rings. The number of piperidine rings is 1. The Morgan fingerprint density at radius 2 is 1.77 bits per heavy atom. The van der Waals surface area contributed by atoms with Crippen LogP contribution in [-0.4, -0.2) is 34.2 Å². The SMILES string of the molecule is O=C(O)c1ccc(NC(=S)N2CCC(c3ccc(Cl)cc3)CC2)cc1Cl. The topological polar surface area (TPSA) is 52.6 Å². The molecule has 0 unspecified atom stereocenters. The third-order valence-corrected chi connectivity index (χ3v) is 5.50. The minimum atomic E-state index is -1.05. The van der Waals surface area contributed by atoms with Crippen LogP contribution in [0.5, 0.6) is 0 Å². The maximum Gasteiger partial charge on any atom is 0.337 e. The highest BCUT2D eigenvalue weighted by Crippen LogP contribution is 2.29. The lowest BCUT2D eigenvalue weighted by Gasteiger charge is -2.34.